The molecule has 0 aliphatic rings. The first-order valence-corrected chi connectivity index (χ1v) is 16.3. The molecule has 4 aromatic carbocycles. The largest absolute Gasteiger partial charge is 0.396 e. The molecule has 0 aliphatic heterocycles. The molecule has 2 heterocycles. The van der Waals surface area contributed by atoms with Crippen molar-refractivity contribution in [2.24, 2.45) is 0 Å². The van der Waals surface area contributed by atoms with E-state index >= 15 is 0 Å². The number of aryl methyl sites for hydroxylation is 2. The molecular formula is C39H42N4O3. The third-order valence-electron chi connectivity index (χ3n) is 9.17. The Morgan fingerprint density at radius 3 is 1.37 bits per heavy atom. The number of hydrogen-bond donors (Lipinski definition) is 2. The van der Waals surface area contributed by atoms with Crippen molar-refractivity contribution in [1.29, 1.82) is 0 Å². The maximum atomic E-state index is 13.9. The van der Waals surface area contributed by atoms with E-state index in [-0.39, 0.29) is 30.8 Å². The van der Waals surface area contributed by atoms with Gasteiger partial charge in [0.25, 0.3) is 0 Å². The van der Waals surface area contributed by atoms with E-state index in [0.29, 0.717) is 12.8 Å². The average molecular weight is 615 g/mol. The Balaban J connectivity index is 1.26. The quantitative estimate of drug-likeness (QED) is 0.154. The van der Waals surface area contributed by atoms with Crippen LogP contribution < -0.4 is 0 Å². The lowest BCUT2D eigenvalue weighted by atomic mass is 9.85. The van der Waals surface area contributed by atoms with Gasteiger partial charge in [-0.1, -0.05) is 64.1 Å². The van der Waals surface area contributed by atoms with Gasteiger partial charge in [0.15, 0.2) is 0 Å². The van der Waals surface area contributed by atoms with Crippen LogP contribution in [0.15, 0.2) is 84.9 Å². The molecule has 236 valence electrons. The Labute approximate surface area is 270 Å². The summed E-state index contributed by atoms with van der Waals surface area (Å²) in [5.41, 5.74) is 9.97. The molecule has 7 nitrogen and oxygen atoms in total. The van der Waals surface area contributed by atoms with Crippen LogP contribution in [-0.2, 0) is 30.5 Å². The predicted molar refractivity (Wildman–Crippen MR) is 184 cm³/mol. The lowest BCUT2D eigenvalue weighted by molar-refractivity contribution is -0.121. The Kier molecular flexibility index (Phi) is 9.15. The van der Waals surface area contributed by atoms with Gasteiger partial charge in [-0.3, -0.25) is 13.9 Å². The lowest BCUT2D eigenvalue weighted by Crippen LogP contribution is -2.16. The minimum atomic E-state index is -0.302. The number of Topliss-reactive ketones (excluding diaryl/α,β-unsaturated/α-hetero) is 1. The average Bonchev–Trinajstić information content (AvgIpc) is 3.65. The van der Waals surface area contributed by atoms with Crippen LogP contribution in [0, 0.1) is 0 Å². The molecule has 2 atom stereocenters. The van der Waals surface area contributed by atoms with E-state index in [4.69, 9.17) is 9.97 Å². The van der Waals surface area contributed by atoms with Crippen molar-refractivity contribution in [2.75, 3.05) is 13.2 Å². The fourth-order valence-electron chi connectivity index (χ4n) is 6.47. The number of rotatable bonds is 12. The van der Waals surface area contributed by atoms with E-state index in [9.17, 15) is 15.0 Å². The maximum absolute atomic E-state index is 13.9. The molecule has 0 radical (unpaired) electrons. The molecule has 2 unspecified atom stereocenters. The van der Waals surface area contributed by atoms with Gasteiger partial charge in [0, 0.05) is 49.3 Å². The molecule has 2 N–H and O–H groups in total. The van der Waals surface area contributed by atoms with Crippen molar-refractivity contribution in [1.82, 2.24) is 19.1 Å². The highest BCUT2D eigenvalue weighted by Crippen LogP contribution is 2.32. The van der Waals surface area contributed by atoms with Crippen LogP contribution in [0.4, 0.5) is 0 Å². The lowest BCUT2D eigenvalue weighted by Gasteiger charge is -2.17. The van der Waals surface area contributed by atoms with Gasteiger partial charge in [-0.25, -0.2) is 9.97 Å². The topological polar surface area (TPSA) is 93.2 Å². The second kappa shape index (κ2) is 13.4. The summed E-state index contributed by atoms with van der Waals surface area (Å²) in [5.74, 6) is 1.49. The summed E-state index contributed by atoms with van der Waals surface area (Å²) in [7, 11) is 0. The molecule has 0 spiro atoms. The van der Waals surface area contributed by atoms with Gasteiger partial charge in [0.05, 0.1) is 22.1 Å². The van der Waals surface area contributed by atoms with Gasteiger partial charge in [0.1, 0.15) is 17.4 Å². The monoisotopic (exact) mass is 614 g/mol. The third kappa shape index (κ3) is 5.88. The number of carbonyl (C=O) groups excluding carboxylic acids is 1. The predicted octanol–water partition coefficient (Wildman–Crippen LogP) is 7.04. The zero-order valence-electron chi connectivity index (χ0n) is 27.1. The van der Waals surface area contributed by atoms with Gasteiger partial charge >= 0.3 is 0 Å². The van der Waals surface area contributed by atoms with Crippen molar-refractivity contribution in [3.8, 4) is 11.4 Å². The molecule has 0 saturated heterocycles. The zero-order valence-corrected chi connectivity index (χ0v) is 27.1. The van der Waals surface area contributed by atoms with Gasteiger partial charge in [0.2, 0.25) is 0 Å². The van der Waals surface area contributed by atoms with E-state index < -0.39 is 0 Å². The molecule has 0 aliphatic carbocycles. The number of carbonyl (C=O) groups is 1. The molecule has 0 fully saturated rings. The number of aliphatic hydroxyl groups is 2. The summed E-state index contributed by atoms with van der Waals surface area (Å²) in [6.45, 7) is 8.44. The highest BCUT2D eigenvalue weighted by molar-refractivity contribution is 5.93. The number of benzene rings is 4. The first kappa shape index (κ1) is 31.4. The molecule has 6 rings (SSSR count). The minimum absolute atomic E-state index is 0.132. The first-order valence-electron chi connectivity index (χ1n) is 16.3. The van der Waals surface area contributed by atoms with Crippen LogP contribution in [0.25, 0.3) is 33.4 Å². The number of aliphatic hydroxyl groups excluding tert-OH is 2. The van der Waals surface area contributed by atoms with E-state index in [2.05, 4.69) is 108 Å². The Morgan fingerprint density at radius 2 is 1.02 bits per heavy atom. The molecule has 6 aromatic rings. The number of aromatic nitrogens is 4. The highest BCUT2D eigenvalue weighted by atomic mass is 16.3. The Hall–Kier alpha value is -4.59. The van der Waals surface area contributed by atoms with Crippen LogP contribution in [0.1, 0.15) is 73.4 Å². The second-order valence-corrected chi connectivity index (χ2v) is 12.1. The van der Waals surface area contributed by atoms with E-state index in [1.807, 2.05) is 13.8 Å². The molecular weight excluding hydrogens is 572 g/mol. The maximum Gasteiger partial charge on any atom is 0.147 e. The van der Waals surface area contributed by atoms with Crippen molar-refractivity contribution >= 4 is 27.9 Å². The summed E-state index contributed by atoms with van der Waals surface area (Å²) in [6.07, 6.45) is 2.83. The molecule has 2 aromatic heterocycles. The number of nitrogens with zero attached hydrogens (tertiary/aromatic N) is 4. The summed E-state index contributed by atoms with van der Waals surface area (Å²) >= 11 is 0. The summed E-state index contributed by atoms with van der Waals surface area (Å²) in [6, 6.07) is 28.9. The Morgan fingerprint density at radius 1 is 0.630 bits per heavy atom. The first-order chi connectivity index (χ1) is 22.4. The van der Waals surface area contributed by atoms with Crippen molar-refractivity contribution in [2.45, 2.75) is 65.2 Å². The summed E-state index contributed by atoms with van der Waals surface area (Å²) in [5, 5.41) is 18.6. The standard InChI is InChI=1S/C39H42N4O3/c1-5-37-40-33-23-29(11-17-35(33)42(37)31-13-7-27(8-14-31)19-21-44)25(3)39(46)26(4)30-12-18-36-34(24-30)41-38(6-2)43(36)32-15-9-28(10-16-32)20-22-45/h7-18,23-26,44-45H,5-6,19-22H2,1-4H3. The summed E-state index contributed by atoms with van der Waals surface area (Å²) in [4.78, 5) is 23.8. The van der Waals surface area contributed by atoms with Crippen LogP contribution in [0.3, 0.4) is 0 Å². The number of imidazole rings is 2. The second-order valence-electron chi connectivity index (χ2n) is 12.1. The van der Waals surface area contributed by atoms with Crippen molar-refractivity contribution in [3.63, 3.8) is 0 Å². The van der Waals surface area contributed by atoms with Crippen LogP contribution in [0.5, 0.6) is 0 Å². The normalized spacial score (nSPS) is 13.0. The van der Waals surface area contributed by atoms with Crippen LogP contribution >= 0.6 is 0 Å². The van der Waals surface area contributed by atoms with Gasteiger partial charge in [-0.15, -0.1) is 0 Å². The fraction of sp³-hybridized carbons (Fsp3) is 0.308. The zero-order chi connectivity index (χ0) is 32.4. The number of hydrogen-bond acceptors (Lipinski definition) is 5. The number of fused-ring (bicyclic) bond motifs is 2. The molecule has 0 saturated carbocycles. The SMILES string of the molecule is CCc1nc2cc(C(C)C(=O)C(C)c3ccc4c(c3)nc(CC)n4-c3ccc(CCO)cc3)ccc2n1-c1ccc(CCO)cc1. The highest BCUT2D eigenvalue weighted by Gasteiger charge is 2.25. The molecule has 46 heavy (non-hydrogen) atoms. The minimum Gasteiger partial charge on any atom is -0.396 e. The third-order valence-corrected chi connectivity index (χ3v) is 9.17. The van der Waals surface area contributed by atoms with Gasteiger partial charge in [-0.2, -0.15) is 0 Å². The molecule has 0 amide bonds. The van der Waals surface area contributed by atoms with Crippen molar-refractivity contribution in [3.05, 3.63) is 119 Å². The van der Waals surface area contributed by atoms with Gasteiger partial charge in [-0.05, 0) is 83.6 Å². The molecule has 0 bridgehead atoms. The fourth-order valence-corrected chi connectivity index (χ4v) is 6.47. The van der Waals surface area contributed by atoms with E-state index in [1.54, 1.807) is 0 Å². The van der Waals surface area contributed by atoms with Crippen molar-refractivity contribution < 1.29 is 15.0 Å². The number of ketones is 1. The van der Waals surface area contributed by atoms with E-state index in [0.717, 1.165) is 80.2 Å². The molecule has 7 heteroatoms. The van der Waals surface area contributed by atoms with E-state index in [1.165, 1.54) is 0 Å². The Bertz CT molecular complexity index is 1840. The smallest absolute Gasteiger partial charge is 0.147 e. The van der Waals surface area contributed by atoms with Crippen LogP contribution in [-0.4, -0.2) is 48.3 Å². The summed E-state index contributed by atoms with van der Waals surface area (Å²) < 4.78 is 4.36. The van der Waals surface area contributed by atoms with Gasteiger partial charge < -0.3 is 10.2 Å². The van der Waals surface area contributed by atoms with Crippen LogP contribution in [0.2, 0.25) is 0 Å².